The van der Waals surface area contributed by atoms with E-state index in [0.29, 0.717) is 13.2 Å². The van der Waals surface area contributed by atoms with Gasteiger partial charge >= 0.3 is 8.56 Å². The predicted octanol–water partition coefficient (Wildman–Crippen LogP) is 6.96. The maximum atomic E-state index is 7.11. The van der Waals surface area contributed by atoms with Gasteiger partial charge in [0.2, 0.25) is 5.72 Å². The number of rotatable bonds is 8. The van der Waals surface area contributed by atoms with Crippen LogP contribution < -0.4 is 9.64 Å². The van der Waals surface area contributed by atoms with Crippen molar-refractivity contribution >= 4 is 36.9 Å². The van der Waals surface area contributed by atoms with E-state index >= 15 is 0 Å². The Bertz CT molecular complexity index is 1250. The van der Waals surface area contributed by atoms with Crippen LogP contribution >= 0.6 is 0 Å². The highest BCUT2D eigenvalue weighted by atomic mass is 28.4. The fourth-order valence-electron chi connectivity index (χ4n) is 5.78. The Hall–Kier alpha value is -2.67. The van der Waals surface area contributed by atoms with Crippen LogP contribution in [0, 0.1) is 0 Å². The van der Waals surface area contributed by atoms with E-state index in [1.54, 1.807) is 0 Å². The van der Waals surface area contributed by atoms with Gasteiger partial charge in [0, 0.05) is 30.8 Å². The van der Waals surface area contributed by atoms with Crippen LogP contribution in [0.3, 0.4) is 0 Å². The van der Waals surface area contributed by atoms with Gasteiger partial charge in [-0.25, -0.2) is 0 Å². The summed E-state index contributed by atoms with van der Waals surface area (Å²) in [4.78, 5) is 7.41. The maximum absolute atomic E-state index is 7.11. The summed E-state index contributed by atoms with van der Waals surface area (Å²) in [5, 5.41) is 2.26. The summed E-state index contributed by atoms with van der Waals surface area (Å²) in [5.41, 5.74) is 2.35. The fourth-order valence-corrected chi connectivity index (χ4v) is 8.18. The summed E-state index contributed by atoms with van der Waals surface area (Å²) < 4.78 is 19.3. The third-order valence-electron chi connectivity index (χ3n) is 7.57. The maximum Gasteiger partial charge on any atom is 0.334 e. The molecule has 0 aromatic heterocycles. The first-order chi connectivity index (χ1) is 16.9. The van der Waals surface area contributed by atoms with Crippen molar-refractivity contribution in [3.63, 3.8) is 0 Å². The molecule has 1 atom stereocenters. The standard InChI is InChI=1S/C29H36N2O3Si/c1-6-32-35(5,33-7-2)20-12-19-31-26-16-11-10-15-24(26)28(3,4)29(31)21-30-25-18-17-22-13-8-9-14-23(22)27(25)34-29/h8-11,13-18,21H,6-7,12,19-20H2,1-5H3. The Balaban J connectivity index is 1.54. The third-order valence-corrected chi connectivity index (χ3v) is 10.6. The highest BCUT2D eigenvalue weighted by Crippen LogP contribution is 2.55. The molecule has 2 aliphatic heterocycles. The van der Waals surface area contributed by atoms with E-state index in [-0.39, 0.29) is 5.41 Å². The zero-order chi connectivity index (χ0) is 24.7. The Morgan fingerprint density at radius 1 is 0.943 bits per heavy atom. The van der Waals surface area contributed by atoms with E-state index < -0.39 is 14.3 Å². The molecule has 0 radical (unpaired) electrons. The molecule has 0 N–H and O–H groups in total. The number of hydrogen-bond acceptors (Lipinski definition) is 5. The van der Waals surface area contributed by atoms with Crippen LogP contribution in [0.1, 0.15) is 39.7 Å². The summed E-state index contributed by atoms with van der Waals surface area (Å²) in [6, 6.07) is 22.2. The second-order valence-electron chi connectivity index (χ2n) is 10.1. The van der Waals surface area contributed by atoms with Crippen LogP contribution in [-0.2, 0) is 14.3 Å². The van der Waals surface area contributed by atoms with E-state index in [1.165, 1.54) is 11.3 Å². The Kier molecular flexibility index (Phi) is 6.24. The van der Waals surface area contributed by atoms with Crippen LogP contribution in [0.2, 0.25) is 12.6 Å². The van der Waals surface area contributed by atoms with Gasteiger partial charge in [0.05, 0.1) is 11.6 Å². The van der Waals surface area contributed by atoms with Crippen molar-refractivity contribution in [2.75, 3.05) is 24.7 Å². The molecule has 3 aromatic rings. The monoisotopic (exact) mass is 488 g/mol. The van der Waals surface area contributed by atoms with E-state index in [1.807, 2.05) is 20.1 Å². The molecule has 184 valence electrons. The second kappa shape index (κ2) is 9.08. The van der Waals surface area contributed by atoms with Crippen LogP contribution in [0.15, 0.2) is 65.7 Å². The summed E-state index contributed by atoms with van der Waals surface area (Å²) >= 11 is 0. The molecule has 5 nitrogen and oxygen atoms in total. The van der Waals surface area contributed by atoms with Crippen molar-refractivity contribution in [2.24, 2.45) is 4.99 Å². The molecular weight excluding hydrogens is 452 g/mol. The first-order valence-electron chi connectivity index (χ1n) is 12.8. The van der Waals surface area contributed by atoms with Crippen molar-refractivity contribution in [3.8, 4) is 5.75 Å². The van der Waals surface area contributed by atoms with Crippen molar-refractivity contribution in [1.29, 1.82) is 0 Å². The summed E-state index contributed by atoms with van der Waals surface area (Å²) in [5.74, 6) is 0.860. The molecule has 0 amide bonds. The first kappa shape index (κ1) is 24.0. The van der Waals surface area contributed by atoms with Gasteiger partial charge in [-0.3, -0.25) is 4.99 Å². The van der Waals surface area contributed by atoms with E-state index in [0.717, 1.165) is 41.2 Å². The van der Waals surface area contributed by atoms with Gasteiger partial charge in [-0.05, 0) is 69.8 Å². The predicted molar refractivity (Wildman–Crippen MR) is 147 cm³/mol. The molecule has 0 saturated heterocycles. The SMILES string of the molecule is CCO[Si](C)(CCCN1c2ccccc2C(C)(C)C12C=Nc1ccc3ccccc3c1O2)OCC. The van der Waals surface area contributed by atoms with Gasteiger partial charge in [-0.2, -0.15) is 0 Å². The van der Waals surface area contributed by atoms with Gasteiger partial charge in [0.25, 0.3) is 0 Å². The van der Waals surface area contributed by atoms with Gasteiger partial charge in [-0.15, -0.1) is 0 Å². The Morgan fingerprint density at radius 3 is 2.43 bits per heavy atom. The number of benzene rings is 3. The summed E-state index contributed by atoms with van der Waals surface area (Å²) in [7, 11) is -2.20. The van der Waals surface area contributed by atoms with Crippen LogP contribution in [0.25, 0.3) is 10.8 Å². The molecule has 1 unspecified atom stereocenters. The average Bonchev–Trinajstić information content (AvgIpc) is 3.03. The van der Waals surface area contributed by atoms with Gasteiger partial charge in [0.1, 0.15) is 5.69 Å². The van der Waals surface area contributed by atoms with Crippen molar-refractivity contribution in [2.45, 2.75) is 57.8 Å². The Labute approximate surface area is 210 Å². The molecule has 5 rings (SSSR count). The molecule has 2 heterocycles. The van der Waals surface area contributed by atoms with Crippen molar-refractivity contribution in [1.82, 2.24) is 0 Å². The normalized spacial score (nSPS) is 20.2. The van der Waals surface area contributed by atoms with Crippen LogP contribution in [0.4, 0.5) is 11.4 Å². The number of fused-ring (bicyclic) bond motifs is 4. The smallest absolute Gasteiger partial charge is 0.334 e. The number of nitrogens with zero attached hydrogens (tertiary/aromatic N) is 2. The molecule has 35 heavy (non-hydrogen) atoms. The lowest BCUT2D eigenvalue weighted by atomic mass is 9.77. The minimum atomic E-state index is -2.20. The number of anilines is 1. The second-order valence-corrected chi connectivity index (χ2v) is 13.4. The van der Waals surface area contributed by atoms with E-state index in [9.17, 15) is 0 Å². The Morgan fingerprint density at radius 2 is 1.66 bits per heavy atom. The average molecular weight is 489 g/mol. The lowest BCUT2D eigenvalue weighted by Gasteiger charge is -2.46. The van der Waals surface area contributed by atoms with Crippen LogP contribution in [0.5, 0.6) is 5.75 Å². The lowest BCUT2D eigenvalue weighted by Crippen LogP contribution is -2.62. The molecule has 0 saturated carbocycles. The van der Waals surface area contributed by atoms with Gasteiger partial charge < -0.3 is 18.5 Å². The first-order valence-corrected chi connectivity index (χ1v) is 15.3. The van der Waals surface area contributed by atoms with E-state index in [4.69, 9.17) is 18.6 Å². The van der Waals surface area contributed by atoms with E-state index in [2.05, 4.69) is 86.0 Å². The topological polar surface area (TPSA) is 43.3 Å². The largest absolute Gasteiger partial charge is 0.459 e. The number of aliphatic imine (C=N–C) groups is 1. The quantitative estimate of drug-likeness (QED) is 0.321. The molecule has 0 bridgehead atoms. The number of hydrogen-bond donors (Lipinski definition) is 0. The molecule has 0 fully saturated rings. The molecule has 3 aromatic carbocycles. The fraction of sp³-hybridized carbons (Fsp3) is 0.414. The summed E-state index contributed by atoms with van der Waals surface area (Å²) in [6.45, 7) is 13.0. The lowest BCUT2D eigenvalue weighted by molar-refractivity contribution is 0.0791. The molecule has 2 aliphatic rings. The highest BCUT2D eigenvalue weighted by molar-refractivity contribution is 6.66. The molecular formula is C29H36N2O3Si. The van der Waals surface area contributed by atoms with Crippen LogP contribution in [-0.4, -0.2) is 40.3 Å². The number of ether oxygens (including phenoxy) is 1. The highest BCUT2D eigenvalue weighted by Gasteiger charge is 2.59. The molecule has 0 aliphatic carbocycles. The minimum absolute atomic E-state index is 0.303. The third kappa shape index (κ3) is 3.88. The molecule has 1 spiro atoms. The zero-order valence-electron chi connectivity index (χ0n) is 21.5. The van der Waals surface area contributed by atoms with Gasteiger partial charge in [0.15, 0.2) is 5.75 Å². The van der Waals surface area contributed by atoms with Crippen molar-refractivity contribution < 1.29 is 13.6 Å². The summed E-state index contributed by atoms with van der Waals surface area (Å²) in [6.07, 6.45) is 2.99. The molecule has 6 heteroatoms. The zero-order valence-corrected chi connectivity index (χ0v) is 22.5. The van der Waals surface area contributed by atoms with Crippen molar-refractivity contribution in [3.05, 3.63) is 66.2 Å². The van der Waals surface area contributed by atoms with Gasteiger partial charge in [-0.1, -0.05) is 48.5 Å². The minimum Gasteiger partial charge on any atom is -0.459 e. The number of para-hydroxylation sites is 1.